The molecule has 2 aromatic heterocycles. The Bertz CT molecular complexity index is 1140. The van der Waals surface area contributed by atoms with Crippen LogP contribution in [0.3, 0.4) is 0 Å². The molecule has 0 saturated heterocycles. The number of aromatic nitrogens is 2. The molecule has 0 saturated carbocycles. The van der Waals surface area contributed by atoms with Crippen molar-refractivity contribution < 1.29 is 4.79 Å². The molecule has 0 aliphatic carbocycles. The second kappa shape index (κ2) is 7.90. The first kappa shape index (κ1) is 18.3. The summed E-state index contributed by atoms with van der Waals surface area (Å²) >= 11 is 3.56. The Hall–Kier alpha value is -3.05. The molecule has 0 aliphatic heterocycles. The minimum atomic E-state index is -0.0374. The van der Waals surface area contributed by atoms with E-state index in [0.717, 1.165) is 32.2 Å². The van der Waals surface area contributed by atoms with Crippen molar-refractivity contribution >= 4 is 32.7 Å². The number of fused-ring (bicyclic) bond motifs is 1. The van der Waals surface area contributed by atoms with E-state index < -0.39 is 0 Å². The molecule has 0 fully saturated rings. The molecule has 4 aromatic rings. The number of para-hydroxylation sites is 1. The molecule has 28 heavy (non-hydrogen) atoms. The summed E-state index contributed by atoms with van der Waals surface area (Å²) in [5.74, 6) is -0.0374. The van der Waals surface area contributed by atoms with Gasteiger partial charge in [0.25, 0.3) is 5.91 Å². The second-order valence-electron chi connectivity index (χ2n) is 6.56. The van der Waals surface area contributed by atoms with Crippen LogP contribution in [0.25, 0.3) is 22.2 Å². The van der Waals surface area contributed by atoms with Gasteiger partial charge in [-0.25, -0.2) is 4.98 Å². The van der Waals surface area contributed by atoms with Crippen LogP contribution in [-0.2, 0) is 6.54 Å². The topological polar surface area (TPSA) is 46.1 Å². The van der Waals surface area contributed by atoms with Gasteiger partial charge in [-0.05, 0) is 35.9 Å². The monoisotopic (exact) mass is 431 g/mol. The highest BCUT2D eigenvalue weighted by atomic mass is 79.9. The van der Waals surface area contributed by atoms with Crippen molar-refractivity contribution in [2.45, 2.75) is 6.54 Å². The van der Waals surface area contributed by atoms with E-state index in [0.29, 0.717) is 12.1 Å². The molecule has 4 rings (SSSR count). The zero-order valence-corrected chi connectivity index (χ0v) is 16.9. The number of rotatable bonds is 4. The molecule has 0 unspecified atom stereocenters. The first-order valence-electron chi connectivity index (χ1n) is 8.92. The summed E-state index contributed by atoms with van der Waals surface area (Å²) in [5.41, 5.74) is 4.20. The van der Waals surface area contributed by atoms with Crippen LogP contribution in [0.5, 0.6) is 0 Å². The molecule has 2 heterocycles. The summed E-state index contributed by atoms with van der Waals surface area (Å²) in [5, 5.41) is 0.851. The van der Waals surface area contributed by atoms with E-state index in [-0.39, 0.29) is 5.91 Å². The minimum absolute atomic E-state index is 0.0374. The third kappa shape index (κ3) is 3.66. The molecule has 138 valence electrons. The van der Waals surface area contributed by atoms with Crippen molar-refractivity contribution in [2.75, 3.05) is 7.05 Å². The molecule has 0 radical (unpaired) electrons. The van der Waals surface area contributed by atoms with E-state index in [1.807, 2.05) is 73.8 Å². The fraction of sp³-hybridized carbons (Fsp3) is 0.0870. The third-order valence-electron chi connectivity index (χ3n) is 4.63. The number of carbonyl (C=O) groups excluding carboxylic acids is 1. The Morgan fingerprint density at radius 2 is 1.71 bits per heavy atom. The Labute approximate surface area is 172 Å². The van der Waals surface area contributed by atoms with E-state index >= 15 is 0 Å². The minimum Gasteiger partial charge on any atom is -0.337 e. The molecule has 0 aliphatic rings. The van der Waals surface area contributed by atoms with Gasteiger partial charge in [-0.15, -0.1) is 0 Å². The van der Waals surface area contributed by atoms with Gasteiger partial charge in [0.1, 0.15) is 0 Å². The van der Waals surface area contributed by atoms with Crippen molar-refractivity contribution in [1.29, 1.82) is 0 Å². The van der Waals surface area contributed by atoms with E-state index in [4.69, 9.17) is 4.98 Å². The molecule has 2 aromatic carbocycles. The van der Waals surface area contributed by atoms with Crippen molar-refractivity contribution in [3.63, 3.8) is 0 Å². The lowest BCUT2D eigenvalue weighted by Crippen LogP contribution is -2.26. The van der Waals surface area contributed by atoms with E-state index in [9.17, 15) is 4.79 Å². The molecular formula is C23H18BrN3O. The maximum atomic E-state index is 13.3. The summed E-state index contributed by atoms with van der Waals surface area (Å²) in [6.45, 7) is 0.515. The predicted octanol–water partition coefficient (Wildman–Crippen LogP) is 5.33. The Kier molecular flexibility index (Phi) is 5.17. The van der Waals surface area contributed by atoms with Gasteiger partial charge < -0.3 is 4.90 Å². The lowest BCUT2D eigenvalue weighted by atomic mass is 10.0. The third-order valence-corrected chi connectivity index (χ3v) is 5.41. The standard InChI is InChI=1S/C23H18BrN3O/c1-27(15-17-6-2-4-8-20(17)24)23(28)19-14-22(16-10-12-25-13-11-16)26-21-9-5-3-7-18(19)21/h2-14H,15H2,1H3. The number of amides is 1. The van der Waals surface area contributed by atoms with Crippen molar-refractivity contribution in [3.05, 3.63) is 94.7 Å². The number of nitrogens with zero attached hydrogens (tertiary/aromatic N) is 3. The highest BCUT2D eigenvalue weighted by Gasteiger charge is 2.18. The van der Waals surface area contributed by atoms with Crippen LogP contribution in [0.2, 0.25) is 0 Å². The van der Waals surface area contributed by atoms with Crippen LogP contribution < -0.4 is 0 Å². The Morgan fingerprint density at radius 1 is 1.00 bits per heavy atom. The molecule has 1 amide bonds. The first-order valence-corrected chi connectivity index (χ1v) is 9.72. The summed E-state index contributed by atoms with van der Waals surface area (Å²) in [7, 11) is 1.82. The lowest BCUT2D eigenvalue weighted by molar-refractivity contribution is 0.0787. The normalized spacial score (nSPS) is 10.8. The number of hydrogen-bond donors (Lipinski definition) is 0. The SMILES string of the molecule is CN(Cc1ccccc1Br)C(=O)c1cc(-c2ccncc2)nc2ccccc12. The van der Waals surface area contributed by atoms with Gasteiger partial charge >= 0.3 is 0 Å². The predicted molar refractivity (Wildman–Crippen MR) is 115 cm³/mol. The molecule has 5 heteroatoms. The van der Waals surface area contributed by atoms with Crippen LogP contribution in [0.15, 0.2) is 83.6 Å². The van der Waals surface area contributed by atoms with Crippen molar-refractivity contribution in [1.82, 2.24) is 14.9 Å². The molecular weight excluding hydrogens is 414 g/mol. The van der Waals surface area contributed by atoms with Crippen molar-refractivity contribution in [2.24, 2.45) is 0 Å². The smallest absolute Gasteiger partial charge is 0.254 e. The van der Waals surface area contributed by atoms with Gasteiger partial charge in [-0.1, -0.05) is 52.3 Å². The second-order valence-corrected chi connectivity index (χ2v) is 7.42. The summed E-state index contributed by atoms with van der Waals surface area (Å²) in [4.78, 5) is 23.9. The van der Waals surface area contributed by atoms with Gasteiger partial charge in [0, 0.05) is 41.4 Å². The number of pyridine rings is 2. The van der Waals surface area contributed by atoms with Crippen LogP contribution in [0.1, 0.15) is 15.9 Å². The molecule has 4 nitrogen and oxygen atoms in total. The molecule has 0 bridgehead atoms. The summed E-state index contributed by atoms with van der Waals surface area (Å²) < 4.78 is 0.992. The fourth-order valence-corrected chi connectivity index (χ4v) is 3.59. The van der Waals surface area contributed by atoms with Gasteiger partial charge in [0.05, 0.1) is 16.8 Å². The number of halogens is 1. The average molecular weight is 432 g/mol. The van der Waals surface area contributed by atoms with Gasteiger partial charge in [0.2, 0.25) is 0 Å². The molecule has 0 spiro atoms. The average Bonchev–Trinajstić information content (AvgIpc) is 2.74. The zero-order valence-electron chi connectivity index (χ0n) is 15.3. The van der Waals surface area contributed by atoms with E-state index in [1.54, 1.807) is 17.3 Å². The summed E-state index contributed by atoms with van der Waals surface area (Å²) in [6, 6.07) is 21.4. The van der Waals surface area contributed by atoms with Crippen LogP contribution in [-0.4, -0.2) is 27.8 Å². The highest BCUT2D eigenvalue weighted by Crippen LogP contribution is 2.26. The first-order chi connectivity index (χ1) is 13.6. The Morgan fingerprint density at radius 3 is 2.50 bits per heavy atom. The number of hydrogen-bond acceptors (Lipinski definition) is 3. The van der Waals surface area contributed by atoms with Crippen LogP contribution in [0.4, 0.5) is 0 Å². The quantitative estimate of drug-likeness (QED) is 0.438. The van der Waals surface area contributed by atoms with Crippen LogP contribution >= 0.6 is 15.9 Å². The van der Waals surface area contributed by atoms with Crippen LogP contribution in [0, 0.1) is 0 Å². The van der Waals surface area contributed by atoms with Crippen molar-refractivity contribution in [3.8, 4) is 11.3 Å². The maximum Gasteiger partial charge on any atom is 0.254 e. The zero-order chi connectivity index (χ0) is 19.5. The fourth-order valence-electron chi connectivity index (χ4n) is 3.18. The van der Waals surface area contributed by atoms with E-state index in [1.165, 1.54) is 0 Å². The van der Waals surface area contributed by atoms with Gasteiger partial charge in [-0.3, -0.25) is 9.78 Å². The van der Waals surface area contributed by atoms with E-state index in [2.05, 4.69) is 20.9 Å². The van der Waals surface area contributed by atoms with Gasteiger partial charge in [-0.2, -0.15) is 0 Å². The molecule has 0 atom stereocenters. The number of carbonyl (C=O) groups is 1. The highest BCUT2D eigenvalue weighted by molar-refractivity contribution is 9.10. The maximum absolute atomic E-state index is 13.3. The number of benzene rings is 2. The molecule has 0 N–H and O–H groups in total. The van der Waals surface area contributed by atoms with Gasteiger partial charge in [0.15, 0.2) is 0 Å². The largest absolute Gasteiger partial charge is 0.337 e. The summed E-state index contributed by atoms with van der Waals surface area (Å²) in [6.07, 6.45) is 3.46. The lowest BCUT2D eigenvalue weighted by Gasteiger charge is -2.19. The Balaban J connectivity index is 1.76.